The number of amides is 2. The molecule has 4 rings (SSSR count). The zero-order valence-electron chi connectivity index (χ0n) is 13.5. The van der Waals surface area contributed by atoms with Crippen LogP contribution in [0.5, 0.6) is 5.75 Å². The molecule has 1 aromatic carbocycles. The second-order valence-electron chi connectivity index (χ2n) is 7.22. The predicted octanol–water partition coefficient (Wildman–Crippen LogP) is 1.69. The van der Waals surface area contributed by atoms with Crippen molar-refractivity contribution in [2.45, 2.75) is 38.2 Å². The number of hydrogen-bond donors (Lipinski definition) is 3. The number of fused-ring (bicyclic) bond motifs is 1. The van der Waals surface area contributed by atoms with E-state index in [1.807, 2.05) is 0 Å². The lowest BCUT2D eigenvalue weighted by Gasteiger charge is -2.26. The summed E-state index contributed by atoms with van der Waals surface area (Å²) in [6.07, 6.45) is 4.87. The summed E-state index contributed by atoms with van der Waals surface area (Å²) in [5, 5.41) is 15.4. The normalized spacial score (nSPS) is 31.0. The van der Waals surface area contributed by atoms with Gasteiger partial charge in [-0.2, -0.15) is 0 Å². The van der Waals surface area contributed by atoms with E-state index in [0.717, 1.165) is 32.1 Å². The van der Waals surface area contributed by atoms with Gasteiger partial charge < -0.3 is 20.5 Å². The number of rotatable bonds is 3. The maximum Gasteiger partial charge on any atom is 0.262 e. The third-order valence-electron chi connectivity index (χ3n) is 5.70. The van der Waals surface area contributed by atoms with Crippen LogP contribution in [0.1, 0.15) is 42.5 Å². The quantitative estimate of drug-likeness (QED) is 0.787. The maximum absolute atomic E-state index is 12.5. The molecular weight excluding hydrogens is 308 g/mol. The van der Waals surface area contributed by atoms with E-state index in [0.29, 0.717) is 34.9 Å². The van der Waals surface area contributed by atoms with Gasteiger partial charge in [-0.1, -0.05) is 6.07 Å². The van der Waals surface area contributed by atoms with E-state index in [4.69, 9.17) is 4.74 Å². The molecule has 2 saturated carbocycles. The number of hydrogen-bond acceptors (Lipinski definition) is 4. The number of anilines is 1. The van der Waals surface area contributed by atoms with Crippen LogP contribution in [0.4, 0.5) is 5.69 Å². The molecule has 1 aliphatic heterocycles. The SMILES string of the molecule is O=C1COc2c(cccc2C(=O)NCC2CC23CCC(O)CC3)N1. The summed E-state index contributed by atoms with van der Waals surface area (Å²) >= 11 is 0. The first kappa shape index (κ1) is 15.4. The Kier molecular flexibility index (Phi) is 3.72. The van der Waals surface area contributed by atoms with Gasteiger partial charge in [0.05, 0.1) is 17.4 Å². The zero-order chi connectivity index (χ0) is 16.7. The van der Waals surface area contributed by atoms with Crippen molar-refractivity contribution in [2.75, 3.05) is 18.5 Å². The minimum absolute atomic E-state index is 0.0641. The van der Waals surface area contributed by atoms with Crippen molar-refractivity contribution in [1.82, 2.24) is 5.32 Å². The molecule has 0 saturated heterocycles. The van der Waals surface area contributed by atoms with Crippen molar-refractivity contribution in [2.24, 2.45) is 11.3 Å². The Hall–Kier alpha value is -2.08. The molecule has 0 bridgehead atoms. The lowest BCUT2D eigenvalue weighted by molar-refractivity contribution is -0.118. The van der Waals surface area contributed by atoms with Crippen LogP contribution in [-0.2, 0) is 4.79 Å². The fourth-order valence-corrected chi connectivity index (χ4v) is 4.12. The Balaban J connectivity index is 1.38. The van der Waals surface area contributed by atoms with Crippen molar-refractivity contribution < 1.29 is 19.4 Å². The van der Waals surface area contributed by atoms with E-state index < -0.39 is 0 Å². The van der Waals surface area contributed by atoms with Crippen LogP contribution >= 0.6 is 0 Å². The molecule has 128 valence electrons. The Bertz CT molecular complexity index is 680. The molecule has 1 aromatic rings. The van der Waals surface area contributed by atoms with Gasteiger partial charge in [-0.25, -0.2) is 0 Å². The van der Waals surface area contributed by atoms with Crippen LogP contribution in [0.2, 0.25) is 0 Å². The van der Waals surface area contributed by atoms with E-state index in [1.165, 1.54) is 0 Å². The number of aliphatic hydroxyl groups is 1. The molecule has 1 heterocycles. The van der Waals surface area contributed by atoms with E-state index in [9.17, 15) is 14.7 Å². The molecule has 3 aliphatic rings. The summed E-state index contributed by atoms with van der Waals surface area (Å²) in [6.45, 7) is 0.594. The van der Waals surface area contributed by atoms with Gasteiger partial charge in [0.25, 0.3) is 11.8 Å². The van der Waals surface area contributed by atoms with Gasteiger partial charge >= 0.3 is 0 Å². The molecule has 1 unspecified atom stereocenters. The number of ether oxygens (including phenoxy) is 1. The number of para-hydroxylation sites is 1. The van der Waals surface area contributed by atoms with Crippen molar-refractivity contribution in [3.05, 3.63) is 23.8 Å². The molecule has 24 heavy (non-hydrogen) atoms. The number of carbonyl (C=O) groups excluding carboxylic acids is 2. The number of carbonyl (C=O) groups is 2. The van der Waals surface area contributed by atoms with Gasteiger partial charge in [0.1, 0.15) is 0 Å². The highest BCUT2D eigenvalue weighted by Gasteiger charge is 2.54. The van der Waals surface area contributed by atoms with Gasteiger partial charge in [0, 0.05) is 6.54 Å². The van der Waals surface area contributed by atoms with Crippen LogP contribution < -0.4 is 15.4 Å². The van der Waals surface area contributed by atoms with Crippen molar-refractivity contribution >= 4 is 17.5 Å². The van der Waals surface area contributed by atoms with Crippen LogP contribution in [-0.4, -0.2) is 36.2 Å². The average Bonchev–Trinajstić information content (AvgIpc) is 3.27. The maximum atomic E-state index is 12.5. The highest BCUT2D eigenvalue weighted by Crippen LogP contribution is 2.61. The average molecular weight is 330 g/mol. The fraction of sp³-hybridized carbons (Fsp3) is 0.556. The number of nitrogens with one attached hydrogen (secondary N) is 2. The molecule has 1 spiro atoms. The van der Waals surface area contributed by atoms with Gasteiger partial charge in [-0.3, -0.25) is 9.59 Å². The zero-order valence-corrected chi connectivity index (χ0v) is 13.5. The number of aliphatic hydroxyl groups excluding tert-OH is 1. The van der Waals surface area contributed by atoms with Crippen molar-refractivity contribution in [3.63, 3.8) is 0 Å². The Labute approximate surface area is 140 Å². The smallest absolute Gasteiger partial charge is 0.262 e. The first-order valence-corrected chi connectivity index (χ1v) is 8.59. The molecular formula is C18H22N2O4. The summed E-state index contributed by atoms with van der Waals surface area (Å²) in [7, 11) is 0. The highest BCUT2D eigenvalue weighted by atomic mass is 16.5. The summed E-state index contributed by atoms with van der Waals surface area (Å²) < 4.78 is 5.43. The van der Waals surface area contributed by atoms with E-state index in [1.54, 1.807) is 18.2 Å². The second kappa shape index (κ2) is 5.77. The third-order valence-corrected chi connectivity index (χ3v) is 5.70. The van der Waals surface area contributed by atoms with Crippen LogP contribution in [0, 0.1) is 11.3 Å². The lowest BCUT2D eigenvalue weighted by Crippen LogP contribution is -2.31. The van der Waals surface area contributed by atoms with Gasteiger partial charge in [0.2, 0.25) is 0 Å². The first-order valence-electron chi connectivity index (χ1n) is 8.59. The first-order chi connectivity index (χ1) is 11.6. The predicted molar refractivity (Wildman–Crippen MR) is 87.9 cm³/mol. The Morgan fingerprint density at radius 1 is 1.38 bits per heavy atom. The van der Waals surface area contributed by atoms with Crippen LogP contribution in [0.25, 0.3) is 0 Å². The van der Waals surface area contributed by atoms with Crippen LogP contribution in [0.15, 0.2) is 18.2 Å². The summed E-state index contributed by atoms with van der Waals surface area (Å²) in [5.74, 6) is 0.579. The van der Waals surface area contributed by atoms with Crippen molar-refractivity contribution in [3.8, 4) is 5.75 Å². The van der Waals surface area contributed by atoms with Gasteiger partial charge in [-0.05, 0) is 55.6 Å². The third kappa shape index (κ3) is 2.75. The molecule has 6 heteroatoms. The minimum Gasteiger partial charge on any atom is -0.481 e. The highest BCUT2D eigenvalue weighted by molar-refractivity contribution is 6.03. The largest absolute Gasteiger partial charge is 0.481 e. The summed E-state index contributed by atoms with van der Waals surface area (Å²) in [4.78, 5) is 23.9. The molecule has 0 radical (unpaired) electrons. The summed E-state index contributed by atoms with van der Waals surface area (Å²) in [5.41, 5.74) is 1.34. The molecule has 1 atom stereocenters. The van der Waals surface area contributed by atoms with Crippen molar-refractivity contribution in [1.29, 1.82) is 0 Å². The van der Waals surface area contributed by atoms with Crippen LogP contribution in [0.3, 0.4) is 0 Å². The molecule has 2 aliphatic carbocycles. The molecule has 0 aromatic heterocycles. The molecule has 2 fully saturated rings. The van der Waals surface area contributed by atoms with Gasteiger partial charge in [-0.15, -0.1) is 0 Å². The Morgan fingerprint density at radius 2 is 2.17 bits per heavy atom. The van der Waals surface area contributed by atoms with E-state index in [2.05, 4.69) is 10.6 Å². The second-order valence-corrected chi connectivity index (χ2v) is 7.22. The minimum atomic E-state index is -0.209. The lowest BCUT2D eigenvalue weighted by atomic mass is 9.83. The Morgan fingerprint density at radius 3 is 2.96 bits per heavy atom. The monoisotopic (exact) mass is 330 g/mol. The van der Waals surface area contributed by atoms with E-state index >= 15 is 0 Å². The topological polar surface area (TPSA) is 87.7 Å². The molecule has 6 nitrogen and oxygen atoms in total. The standard InChI is InChI=1S/C18H22N2O4/c21-12-4-6-18(7-5-12)8-11(18)9-19-17(23)13-2-1-3-14-16(13)24-10-15(22)20-14/h1-3,11-12,21H,4-10H2,(H,19,23)(H,20,22). The fourth-order valence-electron chi connectivity index (χ4n) is 4.12. The molecule has 2 amide bonds. The van der Waals surface area contributed by atoms with Gasteiger partial charge in [0.15, 0.2) is 12.4 Å². The summed E-state index contributed by atoms with van der Waals surface area (Å²) in [6, 6.07) is 5.18. The number of benzene rings is 1. The van der Waals surface area contributed by atoms with E-state index in [-0.39, 0.29) is 24.5 Å². The molecule has 3 N–H and O–H groups in total.